The molecule has 1 amide bonds. The van der Waals surface area contributed by atoms with E-state index in [0.717, 1.165) is 6.41 Å². The van der Waals surface area contributed by atoms with Crippen molar-refractivity contribution >= 4 is 21.8 Å². The molecular weight excluding hydrogens is 242 g/mol. The molecule has 14 heavy (non-hydrogen) atoms. The number of rotatable bonds is 3. The van der Waals surface area contributed by atoms with Gasteiger partial charge in [-0.05, 0) is 12.1 Å². The van der Waals surface area contributed by atoms with Crippen LogP contribution in [0, 0.1) is 0 Å². The minimum absolute atomic E-state index is 0.0494. The van der Waals surface area contributed by atoms with E-state index < -0.39 is 10.0 Å². The van der Waals surface area contributed by atoms with Crippen molar-refractivity contribution in [1.82, 2.24) is 4.72 Å². The number of benzene rings is 1. The summed E-state index contributed by atoms with van der Waals surface area (Å²) in [4.78, 5) is 9.83. The normalized spacial score (nSPS) is 9.43. The van der Waals surface area contributed by atoms with Gasteiger partial charge >= 0.3 is 21.2 Å². The van der Waals surface area contributed by atoms with E-state index in [-0.39, 0.29) is 4.90 Å². The van der Waals surface area contributed by atoms with Gasteiger partial charge in [-0.15, -0.1) is 0 Å². The van der Waals surface area contributed by atoms with E-state index in [1.165, 1.54) is 12.1 Å². The van der Waals surface area contributed by atoms with Crippen molar-refractivity contribution < 1.29 is 29.1 Å². The second-order valence-corrected chi connectivity index (χ2v) is 3.70. The van der Waals surface area contributed by atoms with Crippen LogP contribution in [-0.4, -0.2) is 20.2 Å². The molecule has 1 rings (SSSR count). The molecule has 0 bridgehead atoms. The molecule has 0 fully saturated rings. The van der Waals surface area contributed by atoms with E-state index in [1.807, 2.05) is 0 Å². The molecular formula is C8H8CrNO3S-. The number of sulfonamides is 1. The Balaban J connectivity index is 0.000000791. The standard InChI is InChI=1S/C7H6NO3S.CH2.Cr/c9-6-8-12(10,11)7-4-2-1-3-5-7;;/h1-5H,(H,8,9);1H2;/q-1;;. The zero-order valence-corrected chi connectivity index (χ0v) is 9.23. The van der Waals surface area contributed by atoms with Gasteiger partial charge in [0.15, 0.2) is 0 Å². The fourth-order valence-electron chi connectivity index (χ4n) is 0.713. The van der Waals surface area contributed by atoms with Crippen LogP contribution >= 0.6 is 0 Å². The van der Waals surface area contributed by atoms with Crippen LogP contribution in [0.3, 0.4) is 0 Å². The summed E-state index contributed by atoms with van der Waals surface area (Å²) in [6.45, 7) is 0. The van der Waals surface area contributed by atoms with Gasteiger partial charge in [-0.1, -0.05) is 18.2 Å². The number of hydrogen-bond acceptors (Lipinski definition) is 3. The van der Waals surface area contributed by atoms with Gasteiger partial charge in [-0.25, -0.2) is 8.42 Å². The van der Waals surface area contributed by atoms with Crippen LogP contribution in [0.25, 0.3) is 0 Å². The molecule has 0 spiro atoms. The molecule has 0 aliphatic carbocycles. The van der Waals surface area contributed by atoms with Gasteiger partial charge < -0.3 is 9.52 Å². The monoisotopic (exact) mass is 250 g/mol. The summed E-state index contributed by atoms with van der Waals surface area (Å²) in [5.74, 6) is 0. The summed E-state index contributed by atoms with van der Waals surface area (Å²) in [6.07, 6.45) is 1.12. The fraction of sp³-hybridized carbons (Fsp3) is 0. The van der Waals surface area contributed by atoms with Crippen LogP contribution < -0.4 is 4.72 Å². The van der Waals surface area contributed by atoms with Gasteiger partial charge in [0.2, 0.25) is 10.0 Å². The van der Waals surface area contributed by atoms with E-state index >= 15 is 0 Å². The van der Waals surface area contributed by atoms with Gasteiger partial charge in [0.05, 0.1) is 4.90 Å². The number of nitrogens with one attached hydrogen (secondary N) is 1. The Bertz CT molecular complexity index is 377. The summed E-state index contributed by atoms with van der Waals surface area (Å²) in [6, 6.07) is 7.60. The van der Waals surface area contributed by atoms with Crippen molar-refractivity contribution in [3.05, 3.63) is 30.3 Å². The molecule has 0 aliphatic rings. The number of hydrogen-bond donors (Lipinski definition) is 1. The van der Waals surface area contributed by atoms with E-state index in [2.05, 4.69) is 21.2 Å². The number of amides is 1. The van der Waals surface area contributed by atoms with Crippen molar-refractivity contribution in [3.8, 4) is 0 Å². The van der Waals surface area contributed by atoms with Crippen molar-refractivity contribution in [2.24, 2.45) is 0 Å². The molecule has 0 unspecified atom stereocenters. The molecule has 0 aliphatic heterocycles. The Morgan fingerprint density at radius 2 is 1.71 bits per heavy atom. The molecule has 4 nitrogen and oxygen atoms in total. The quantitative estimate of drug-likeness (QED) is 0.606. The molecule has 0 radical (unpaired) electrons. The van der Waals surface area contributed by atoms with Gasteiger partial charge in [0.1, 0.15) is 0 Å². The Kier molecular flexibility index (Phi) is 6.05. The molecule has 0 heterocycles. The van der Waals surface area contributed by atoms with Gasteiger partial charge in [-0.2, -0.15) is 6.41 Å². The van der Waals surface area contributed by atoms with Crippen LogP contribution in [0.4, 0.5) is 0 Å². The second kappa shape index (κ2) is 6.49. The van der Waals surface area contributed by atoms with Gasteiger partial charge in [0, 0.05) is 0 Å². The summed E-state index contributed by atoms with van der Waals surface area (Å²) >= 11 is 2.38. The van der Waals surface area contributed by atoms with E-state index in [0.29, 0.717) is 0 Å². The molecule has 1 aromatic carbocycles. The van der Waals surface area contributed by atoms with Gasteiger partial charge in [0.25, 0.3) is 0 Å². The third-order valence-corrected chi connectivity index (χ3v) is 2.47. The Morgan fingerprint density at radius 1 is 1.21 bits per heavy atom. The predicted molar refractivity (Wildman–Crippen MR) is 49.6 cm³/mol. The molecule has 1 N–H and O–H groups in total. The van der Waals surface area contributed by atoms with E-state index in [9.17, 15) is 13.2 Å². The molecule has 0 aromatic heterocycles. The maximum absolute atomic E-state index is 11.1. The van der Waals surface area contributed by atoms with Crippen LogP contribution in [0.2, 0.25) is 0 Å². The van der Waals surface area contributed by atoms with Crippen molar-refractivity contribution in [2.75, 3.05) is 0 Å². The molecule has 0 saturated carbocycles. The van der Waals surface area contributed by atoms with Crippen LogP contribution in [-0.2, 0) is 30.7 Å². The molecule has 1 aromatic rings. The third-order valence-electron chi connectivity index (χ3n) is 1.23. The summed E-state index contributed by atoms with van der Waals surface area (Å²) in [7, 11) is -3.68. The Labute approximate surface area is 91.0 Å². The van der Waals surface area contributed by atoms with Crippen molar-refractivity contribution in [3.63, 3.8) is 0 Å². The predicted octanol–water partition coefficient (Wildman–Crippen LogP) is -0.00270. The average Bonchev–Trinajstić information content (AvgIpc) is 2.22. The first-order valence-corrected chi connectivity index (χ1v) is 5.78. The van der Waals surface area contributed by atoms with Crippen LogP contribution in [0.1, 0.15) is 0 Å². The van der Waals surface area contributed by atoms with Crippen LogP contribution in [0.5, 0.6) is 0 Å². The molecule has 76 valence electrons. The Hall–Kier alpha value is -0.958. The fourth-order valence-corrected chi connectivity index (χ4v) is 1.46. The van der Waals surface area contributed by atoms with Crippen LogP contribution in [0.15, 0.2) is 35.2 Å². The Morgan fingerprint density at radius 3 is 2.14 bits per heavy atom. The third kappa shape index (κ3) is 3.83. The van der Waals surface area contributed by atoms with E-state index in [4.69, 9.17) is 0 Å². The maximum atomic E-state index is 11.1. The summed E-state index contributed by atoms with van der Waals surface area (Å²) in [5.41, 5.74) is 0. The SMILES string of the molecule is O=[C-]NS(=O)(=O)c1ccccc1.[CH2]=[Cr]. The topological polar surface area (TPSA) is 63.2 Å². The van der Waals surface area contributed by atoms with Crippen molar-refractivity contribution in [1.29, 1.82) is 0 Å². The summed E-state index contributed by atoms with van der Waals surface area (Å²) in [5, 5.41) is 3.12. The molecule has 0 saturated heterocycles. The van der Waals surface area contributed by atoms with Crippen molar-refractivity contribution in [2.45, 2.75) is 4.90 Å². The van der Waals surface area contributed by atoms with E-state index in [1.54, 1.807) is 22.9 Å². The summed E-state index contributed by atoms with van der Waals surface area (Å²) < 4.78 is 23.7. The molecule has 6 heteroatoms. The average molecular weight is 250 g/mol. The molecule has 0 atom stereocenters. The zero-order valence-electron chi connectivity index (χ0n) is 7.14. The first-order valence-electron chi connectivity index (χ1n) is 3.40. The zero-order chi connectivity index (χ0) is 11.0. The first kappa shape index (κ1) is 13.0. The number of carbonyl (C=O) groups excluding carboxylic acids is 1. The first-order chi connectivity index (χ1) is 6.67. The second-order valence-electron chi connectivity index (χ2n) is 2.02. The minimum atomic E-state index is -3.68. The van der Waals surface area contributed by atoms with Gasteiger partial charge in [-0.3, -0.25) is 0 Å².